The molecule has 0 fully saturated rings. The van der Waals surface area contributed by atoms with Crippen LogP contribution in [-0.2, 0) is 10.8 Å². The minimum Gasteiger partial charge on any atom is -0.254 e. The first-order chi connectivity index (χ1) is 15.2. The van der Waals surface area contributed by atoms with Crippen molar-refractivity contribution < 1.29 is 8.78 Å². The molecule has 0 spiro atoms. The number of hydrogen-bond acceptors (Lipinski definition) is 3. The molecule has 3 rings (SSSR count). The molecule has 0 N–H and O–H groups in total. The topological polar surface area (TPSA) is 38.7 Å². The first-order valence-corrected chi connectivity index (χ1v) is 12.0. The molecule has 0 saturated heterocycles. The zero-order chi connectivity index (χ0) is 24.9. The molecule has 0 unspecified atom stereocenters. The third kappa shape index (κ3) is 4.69. The van der Waals surface area contributed by atoms with Gasteiger partial charge in [-0.25, -0.2) is 14.4 Å². The van der Waals surface area contributed by atoms with Crippen molar-refractivity contribution >= 4 is 27.5 Å². The molecule has 3 heterocycles. The molecule has 33 heavy (non-hydrogen) atoms. The lowest BCUT2D eigenvalue weighted by molar-refractivity contribution is 0.478. The SMILES string of the molecule is Cc1cnc(F)c(C(C)(C)c2nc(C)c(C(C)(C)c3nc(Cl)c(C(C)C)cc3Br)cc2F)c1. The summed E-state index contributed by atoms with van der Waals surface area (Å²) in [4.78, 5) is 13.1. The third-order valence-electron chi connectivity index (χ3n) is 6.25. The largest absolute Gasteiger partial charge is 0.254 e. The summed E-state index contributed by atoms with van der Waals surface area (Å²) in [5, 5.41) is 0.433. The van der Waals surface area contributed by atoms with Crippen LogP contribution in [0.2, 0.25) is 5.15 Å². The van der Waals surface area contributed by atoms with Gasteiger partial charge in [0.15, 0.2) is 0 Å². The van der Waals surface area contributed by atoms with Crippen LogP contribution in [0.3, 0.4) is 0 Å². The summed E-state index contributed by atoms with van der Waals surface area (Å²) in [5.41, 5.74) is 2.54. The molecule has 0 saturated carbocycles. The van der Waals surface area contributed by atoms with Crippen molar-refractivity contribution in [1.82, 2.24) is 15.0 Å². The lowest BCUT2D eigenvalue weighted by Crippen LogP contribution is -2.28. The number of halogens is 4. The molecule has 0 radical (unpaired) electrons. The fourth-order valence-corrected chi connectivity index (χ4v) is 5.41. The fourth-order valence-electron chi connectivity index (χ4n) is 4.22. The predicted molar refractivity (Wildman–Crippen MR) is 133 cm³/mol. The molecule has 176 valence electrons. The Hall–Kier alpha value is -1.92. The molecule has 0 aliphatic carbocycles. The Balaban J connectivity index is 2.15. The highest BCUT2D eigenvalue weighted by Crippen LogP contribution is 2.41. The van der Waals surface area contributed by atoms with Gasteiger partial charge in [-0.15, -0.1) is 0 Å². The van der Waals surface area contributed by atoms with Crippen molar-refractivity contribution in [2.24, 2.45) is 0 Å². The van der Waals surface area contributed by atoms with E-state index in [0.29, 0.717) is 27.7 Å². The van der Waals surface area contributed by atoms with E-state index in [9.17, 15) is 4.39 Å². The van der Waals surface area contributed by atoms with E-state index in [2.05, 4.69) is 44.7 Å². The second-order valence-electron chi connectivity index (χ2n) is 9.91. The lowest BCUT2D eigenvalue weighted by atomic mass is 9.77. The molecule has 3 aromatic heterocycles. The van der Waals surface area contributed by atoms with Gasteiger partial charge in [0.1, 0.15) is 11.0 Å². The van der Waals surface area contributed by atoms with E-state index in [1.54, 1.807) is 19.9 Å². The molecular weight excluding hydrogens is 508 g/mol. The number of hydrogen-bond donors (Lipinski definition) is 0. The number of nitrogens with zero attached hydrogens (tertiary/aromatic N) is 3. The standard InChI is InChI=1S/C26H29BrClF2N3/c1-13(2)16-10-19(27)21(33-23(16)28)25(5,6)17-11-20(29)22(32-15(17)4)26(7,8)18-9-14(3)12-31-24(18)30/h9-13H,1-8H3. The first kappa shape index (κ1) is 25.7. The van der Waals surface area contributed by atoms with E-state index in [-0.39, 0.29) is 11.6 Å². The Labute approximate surface area is 208 Å². The summed E-state index contributed by atoms with van der Waals surface area (Å²) in [6, 6.07) is 5.15. The fraction of sp³-hybridized carbons (Fsp3) is 0.423. The zero-order valence-electron chi connectivity index (χ0n) is 20.2. The highest BCUT2D eigenvalue weighted by molar-refractivity contribution is 9.10. The Morgan fingerprint density at radius 3 is 2.12 bits per heavy atom. The van der Waals surface area contributed by atoms with Crippen LogP contribution in [-0.4, -0.2) is 15.0 Å². The van der Waals surface area contributed by atoms with E-state index < -0.39 is 22.6 Å². The van der Waals surface area contributed by atoms with Crippen molar-refractivity contribution in [1.29, 1.82) is 0 Å². The second-order valence-corrected chi connectivity index (χ2v) is 11.1. The molecular formula is C26H29BrClF2N3. The predicted octanol–water partition coefficient (Wildman–Crippen LogP) is 7.96. The molecule has 0 amide bonds. The smallest absolute Gasteiger partial charge is 0.216 e. The van der Waals surface area contributed by atoms with Crippen molar-refractivity contribution in [3.63, 3.8) is 0 Å². The molecule has 0 atom stereocenters. The van der Waals surface area contributed by atoms with E-state index in [1.807, 2.05) is 33.8 Å². The van der Waals surface area contributed by atoms with Crippen LogP contribution in [0.1, 0.15) is 86.8 Å². The van der Waals surface area contributed by atoms with Gasteiger partial charge in [0, 0.05) is 32.8 Å². The van der Waals surface area contributed by atoms with Gasteiger partial charge in [-0.05, 0) is 84.4 Å². The minimum absolute atomic E-state index is 0.172. The van der Waals surface area contributed by atoms with Gasteiger partial charge >= 0.3 is 0 Å². The van der Waals surface area contributed by atoms with Gasteiger partial charge in [-0.3, -0.25) is 4.98 Å². The second kappa shape index (κ2) is 9.03. The van der Waals surface area contributed by atoms with Crippen molar-refractivity contribution in [2.75, 3.05) is 0 Å². The average Bonchev–Trinajstić information content (AvgIpc) is 2.71. The number of pyridine rings is 3. The summed E-state index contributed by atoms with van der Waals surface area (Å²) in [6.07, 6.45) is 1.45. The summed E-state index contributed by atoms with van der Waals surface area (Å²) in [5.74, 6) is -0.908. The monoisotopic (exact) mass is 535 g/mol. The van der Waals surface area contributed by atoms with Crippen LogP contribution in [0.15, 0.2) is 28.9 Å². The van der Waals surface area contributed by atoms with Crippen LogP contribution < -0.4 is 0 Å². The molecule has 3 nitrogen and oxygen atoms in total. The van der Waals surface area contributed by atoms with Crippen LogP contribution >= 0.6 is 27.5 Å². The van der Waals surface area contributed by atoms with Gasteiger partial charge in [0.2, 0.25) is 5.95 Å². The number of aryl methyl sites for hydroxylation is 2. The number of rotatable bonds is 5. The third-order valence-corrected chi connectivity index (χ3v) is 7.16. The zero-order valence-corrected chi connectivity index (χ0v) is 22.6. The van der Waals surface area contributed by atoms with Crippen LogP contribution in [0.4, 0.5) is 8.78 Å². The van der Waals surface area contributed by atoms with Crippen molar-refractivity contribution in [3.8, 4) is 0 Å². The van der Waals surface area contributed by atoms with Gasteiger partial charge in [-0.2, -0.15) is 4.39 Å². The van der Waals surface area contributed by atoms with Crippen molar-refractivity contribution in [2.45, 2.75) is 72.1 Å². The Morgan fingerprint density at radius 2 is 1.52 bits per heavy atom. The highest BCUT2D eigenvalue weighted by Gasteiger charge is 2.36. The van der Waals surface area contributed by atoms with Crippen LogP contribution in [0.25, 0.3) is 0 Å². The maximum Gasteiger partial charge on any atom is 0.216 e. The number of aromatic nitrogens is 3. The molecule has 0 aliphatic rings. The summed E-state index contributed by atoms with van der Waals surface area (Å²) in [7, 11) is 0. The van der Waals surface area contributed by atoms with Gasteiger partial charge < -0.3 is 0 Å². The normalized spacial score (nSPS) is 12.5. The highest BCUT2D eigenvalue weighted by atomic mass is 79.9. The van der Waals surface area contributed by atoms with Gasteiger partial charge in [0.25, 0.3) is 0 Å². The molecule has 0 aliphatic heterocycles. The quantitative estimate of drug-likeness (QED) is 0.311. The molecule has 3 aromatic rings. The molecule has 0 aromatic carbocycles. The molecule has 7 heteroatoms. The maximum absolute atomic E-state index is 15.6. The van der Waals surface area contributed by atoms with Gasteiger partial charge in [0.05, 0.1) is 11.4 Å². The summed E-state index contributed by atoms with van der Waals surface area (Å²) >= 11 is 10.1. The summed E-state index contributed by atoms with van der Waals surface area (Å²) in [6.45, 7) is 15.2. The van der Waals surface area contributed by atoms with E-state index in [1.165, 1.54) is 12.3 Å². The Kier molecular flexibility index (Phi) is 7.03. The van der Waals surface area contributed by atoms with Gasteiger partial charge in [-0.1, -0.05) is 39.3 Å². The van der Waals surface area contributed by atoms with E-state index >= 15 is 4.39 Å². The van der Waals surface area contributed by atoms with Crippen LogP contribution in [0.5, 0.6) is 0 Å². The first-order valence-electron chi connectivity index (χ1n) is 10.8. The maximum atomic E-state index is 15.6. The Morgan fingerprint density at radius 1 is 0.909 bits per heavy atom. The van der Waals surface area contributed by atoms with Crippen LogP contribution in [0, 0.1) is 25.6 Å². The van der Waals surface area contributed by atoms with E-state index in [4.69, 9.17) is 11.6 Å². The lowest BCUT2D eigenvalue weighted by Gasteiger charge is -2.31. The average molecular weight is 537 g/mol. The Bertz CT molecular complexity index is 1220. The summed E-state index contributed by atoms with van der Waals surface area (Å²) < 4.78 is 30.9. The van der Waals surface area contributed by atoms with Crippen molar-refractivity contribution in [3.05, 3.63) is 85.1 Å². The van der Waals surface area contributed by atoms with E-state index in [0.717, 1.165) is 15.6 Å². The molecule has 0 bridgehead atoms. The minimum atomic E-state index is -1.01.